The fraction of sp³-hybridized carbons (Fsp3) is 0.182. The van der Waals surface area contributed by atoms with Gasteiger partial charge in [0.1, 0.15) is 12.4 Å². The maximum absolute atomic E-state index is 6.12. The van der Waals surface area contributed by atoms with Crippen molar-refractivity contribution in [1.29, 1.82) is 0 Å². The average Bonchev–Trinajstić information content (AvgIpc) is 2.65. The van der Waals surface area contributed by atoms with Gasteiger partial charge in [-0.3, -0.25) is 9.97 Å². The molecule has 2 heterocycles. The first-order chi connectivity index (χ1) is 13.5. The van der Waals surface area contributed by atoms with Gasteiger partial charge in [0.25, 0.3) is 0 Å². The van der Waals surface area contributed by atoms with Gasteiger partial charge in [-0.25, -0.2) is 0 Å². The second-order valence-electron chi connectivity index (χ2n) is 6.89. The van der Waals surface area contributed by atoms with Crippen LogP contribution < -0.4 is 21.5 Å². The van der Waals surface area contributed by atoms with E-state index in [1.165, 1.54) is 0 Å². The van der Waals surface area contributed by atoms with Gasteiger partial charge in [-0.1, -0.05) is 0 Å². The van der Waals surface area contributed by atoms with E-state index in [2.05, 4.69) is 15.3 Å². The molecule has 0 saturated heterocycles. The smallest absolute Gasteiger partial charge is 0.120 e. The molecule has 0 unspecified atom stereocenters. The number of nitrogens with zero attached hydrogens (tertiary/aromatic N) is 2. The molecule has 0 spiro atoms. The van der Waals surface area contributed by atoms with Crippen LogP contribution in [-0.2, 0) is 0 Å². The van der Waals surface area contributed by atoms with E-state index in [9.17, 15) is 0 Å². The van der Waals surface area contributed by atoms with E-state index in [-0.39, 0.29) is 0 Å². The largest absolute Gasteiger partial charge is 0.492 e. The number of nitrogens with two attached hydrogens (primary N) is 2. The number of hydrogen-bond donors (Lipinski definition) is 3. The van der Waals surface area contributed by atoms with Gasteiger partial charge in [-0.2, -0.15) is 0 Å². The zero-order valence-electron chi connectivity index (χ0n) is 16.0. The van der Waals surface area contributed by atoms with Gasteiger partial charge in [0.2, 0.25) is 0 Å². The summed E-state index contributed by atoms with van der Waals surface area (Å²) in [6.07, 6.45) is 0. The molecule has 28 heavy (non-hydrogen) atoms. The predicted molar refractivity (Wildman–Crippen MR) is 116 cm³/mol. The van der Waals surface area contributed by atoms with Gasteiger partial charge in [-0.15, -0.1) is 0 Å². The minimum Gasteiger partial charge on any atom is -0.492 e. The topological polar surface area (TPSA) is 99.1 Å². The number of rotatable bonds is 5. The van der Waals surface area contributed by atoms with E-state index in [1.807, 2.05) is 62.4 Å². The van der Waals surface area contributed by atoms with Crippen molar-refractivity contribution >= 4 is 38.9 Å². The van der Waals surface area contributed by atoms with Crippen LogP contribution in [0.3, 0.4) is 0 Å². The molecule has 0 atom stereocenters. The molecule has 5 N–H and O–H groups in total. The molecule has 4 rings (SSSR count). The summed E-state index contributed by atoms with van der Waals surface area (Å²) in [7, 11) is 0. The highest BCUT2D eigenvalue weighted by Gasteiger charge is 2.05. The van der Waals surface area contributed by atoms with Crippen LogP contribution in [0.4, 0.5) is 17.1 Å². The van der Waals surface area contributed by atoms with Crippen LogP contribution in [0.5, 0.6) is 5.75 Å². The number of pyridine rings is 2. The Morgan fingerprint density at radius 2 is 1.43 bits per heavy atom. The third kappa shape index (κ3) is 3.62. The first kappa shape index (κ1) is 17.9. The SMILES string of the molecule is Cc1cc(N)c2cc(NCCOc3ccc4nc(C)cc(N)c4c3)ccc2n1. The summed E-state index contributed by atoms with van der Waals surface area (Å²) in [6, 6.07) is 15.5. The number of nitrogens with one attached hydrogen (secondary N) is 1. The van der Waals surface area contributed by atoms with Crippen LogP contribution >= 0.6 is 0 Å². The Morgan fingerprint density at radius 3 is 2.11 bits per heavy atom. The molecule has 4 aromatic rings. The molecule has 2 aromatic heterocycles. The predicted octanol–water partition coefficient (Wildman–Crippen LogP) is 4.06. The molecule has 0 aliphatic heterocycles. The zero-order chi connectivity index (χ0) is 19.7. The van der Waals surface area contributed by atoms with E-state index in [0.717, 1.165) is 50.3 Å². The van der Waals surface area contributed by atoms with E-state index in [1.54, 1.807) is 0 Å². The molecule has 6 heteroatoms. The van der Waals surface area contributed by atoms with E-state index < -0.39 is 0 Å². The Balaban J connectivity index is 1.40. The normalized spacial score (nSPS) is 11.1. The van der Waals surface area contributed by atoms with Crippen molar-refractivity contribution in [1.82, 2.24) is 9.97 Å². The molecule has 0 radical (unpaired) electrons. The molecule has 0 bridgehead atoms. The quantitative estimate of drug-likeness (QED) is 0.456. The summed E-state index contributed by atoms with van der Waals surface area (Å²) in [5, 5.41) is 5.21. The molecule has 6 nitrogen and oxygen atoms in total. The van der Waals surface area contributed by atoms with Crippen molar-refractivity contribution in [2.45, 2.75) is 13.8 Å². The lowest BCUT2D eigenvalue weighted by Gasteiger charge is -2.11. The zero-order valence-corrected chi connectivity index (χ0v) is 16.0. The van der Waals surface area contributed by atoms with Gasteiger partial charge >= 0.3 is 0 Å². The third-order valence-electron chi connectivity index (χ3n) is 4.61. The van der Waals surface area contributed by atoms with Crippen molar-refractivity contribution in [2.24, 2.45) is 0 Å². The van der Waals surface area contributed by atoms with Crippen LogP contribution in [0.2, 0.25) is 0 Å². The highest BCUT2D eigenvalue weighted by atomic mass is 16.5. The molecule has 0 amide bonds. The number of nitrogen functional groups attached to an aromatic ring is 2. The van der Waals surface area contributed by atoms with E-state index in [4.69, 9.17) is 16.2 Å². The highest BCUT2D eigenvalue weighted by molar-refractivity contribution is 5.93. The summed E-state index contributed by atoms with van der Waals surface area (Å²) in [6.45, 7) is 5.05. The van der Waals surface area contributed by atoms with Crippen molar-refractivity contribution in [3.8, 4) is 5.75 Å². The van der Waals surface area contributed by atoms with E-state index in [0.29, 0.717) is 18.8 Å². The van der Waals surface area contributed by atoms with E-state index >= 15 is 0 Å². The van der Waals surface area contributed by atoms with Crippen LogP contribution in [-0.4, -0.2) is 23.1 Å². The minimum absolute atomic E-state index is 0.518. The van der Waals surface area contributed by atoms with Crippen LogP contribution in [0, 0.1) is 13.8 Å². The first-order valence-electron chi connectivity index (χ1n) is 9.20. The Bertz CT molecular complexity index is 1080. The highest BCUT2D eigenvalue weighted by Crippen LogP contribution is 2.26. The Kier molecular flexibility index (Phi) is 4.61. The summed E-state index contributed by atoms with van der Waals surface area (Å²) in [4.78, 5) is 8.99. The molecule has 0 aliphatic carbocycles. The lowest BCUT2D eigenvalue weighted by molar-refractivity contribution is 0.333. The third-order valence-corrected chi connectivity index (χ3v) is 4.61. The maximum atomic E-state index is 6.12. The first-order valence-corrected chi connectivity index (χ1v) is 9.20. The monoisotopic (exact) mass is 373 g/mol. The number of ether oxygens (including phenoxy) is 1. The van der Waals surface area contributed by atoms with Crippen LogP contribution in [0.1, 0.15) is 11.4 Å². The van der Waals surface area contributed by atoms with Crippen molar-refractivity contribution in [2.75, 3.05) is 29.9 Å². The molecule has 0 aliphatic rings. The summed E-state index contributed by atoms with van der Waals surface area (Å²) in [5.41, 5.74) is 18.2. The number of benzene rings is 2. The lowest BCUT2D eigenvalue weighted by Crippen LogP contribution is -2.11. The van der Waals surface area contributed by atoms with Crippen LogP contribution in [0.25, 0.3) is 21.8 Å². The molecule has 142 valence electrons. The number of hydrogen-bond acceptors (Lipinski definition) is 6. The Labute approximate surface area is 163 Å². The van der Waals surface area contributed by atoms with Gasteiger partial charge in [0.05, 0.1) is 11.0 Å². The lowest BCUT2D eigenvalue weighted by atomic mass is 10.1. The molecule has 0 fully saturated rings. The standard InChI is InChI=1S/C22H23N5O/c1-13-9-19(23)17-11-15(3-5-21(17)26-13)25-7-8-28-16-4-6-22-18(12-16)20(24)10-14(2)27-22/h3-6,9-12,25H,7-8H2,1-2H3,(H2,23,26)(H2,24,27). The molecule has 2 aromatic carbocycles. The summed E-state index contributed by atoms with van der Waals surface area (Å²) < 4.78 is 5.87. The Hall–Kier alpha value is -3.54. The van der Waals surface area contributed by atoms with Gasteiger partial charge in [0.15, 0.2) is 0 Å². The number of fused-ring (bicyclic) bond motifs is 2. The van der Waals surface area contributed by atoms with Gasteiger partial charge < -0.3 is 21.5 Å². The molecular formula is C22H23N5O. The van der Waals surface area contributed by atoms with Gasteiger partial charge in [-0.05, 0) is 62.4 Å². The minimum atomic E-state index is 0.518. The Morgan fingerprint density at radius 1 is 0.821 bits per heavy atom. The number of aryl methyl sites for hydroxylation is 2. The summed E-state index contributed by atoms with van der Waals surface area (Å²) in [5.74, 6) is 0.772. The van der Waals surface area contributed by atoms with Gasteiger partial charge in [0, 0.05) is 45.8 Å². The van der Waals surface area contributed by atoms with Crippen molar-refractivity contribution in [3.63, 3.8) is 0 Å². The molecular weight excluding hydrogens is 350 g/mol. The van der Waals surface area contributed by atoms with Crippen LogP contribution in [0.15, 0.2) is 48.5 Å². The fourth-order valence-electron chi connectivity index (χ4n) is 3.32. The van der Waals surface area contributed by atoms with Crippen molar-refractivity contribution in [3.05, 3.63) is 59.9 Å². The second kappa shape index (κ2) is 7.23. The maximum Gasteiger partial charge on any atom is 0.120 e. The number of aromatic nitrogens is 2. The average molecular weight is 373 g/mol. The van der Waals surface area contributed by atoms with Crippen molar-refractivity contribution < 1.29 is 4.74 Å². The number of anilines is 3. The molecule has 0 saturated carbocycles. The summed E-state index contributed by atoms with van der Waals surface area (Å²) >= 11 is 0. The second-order valence-corrected chi connectivity index (χ2v) is 6.89. The fourth-order valence-corrected chi connectivity index (χ4v) is 3.32.